The molecule has 0 atom stereocenters. The summed E-state index contributed by atoms with van der Waals surface area (Å²) in [5, 5.41) is 6.63. The molecule has 5 heteroatoms. The Labute approximate surface area is 132 Å². The van der Waals surface area contributed by atoms with E-state index in [1.807, 2.05) is 18.2 Å². The summed E-state index contributed by atoms with van der Waals surface area (Å²) in [5.74, 6) is 2.60. The predicted molar refractivity (Wildman–Crippen MR) is 90.6 cm³/mol. The van der Waals surface area contributed by atoms with Crippen molar-refractivity contribution < 1.29 is 4.74 Å². The van der Waals surface area contributed by atoms with Crippen molar-refractivity contribution in [2.75, 3.05) is 30.8 Å². The molecule has 0 radical (unpaired) electrons. The van der Waals surface area contributed by atoms with Crippen LogP contribution in [0.3, 0.4) is 0 Å². The first-order chi connectivity index (χ1) is 10.8. The molecule has 0 aliphatic carbocycles. The second-order valence-corrected chi connectivity index (χ2v) is 5.09. The molecule has 0 amide bonds. The smallest absolute Gasteiger partial charge is 0.131 e. The molecule has 0 aliphatic rings. The fourth-order valence-corrected chi connectivity index (χ4v) is 2.07. The lowest BCUT2D eigenvalue weighted by Gasteiger charge is -2.08. The molecule has 22 heavy (non-hydrogen) atoms. The largest absolute Gasteiger partial charge is 0.497 e. The van der Waals surface area contributed by atoms with E-state index in [4.69, 9.17) is 4.74 Å². The number of aromatic nitrogens is 2. The summed E-state index contributed by atoms with van der Waals surface area (Å²) in [7, 11) is 1.68. The van der Waals surface area contributed by atoms with E-state index in [2.05, 4.69) is 39.7 Å². The minimum atomic E-state index is 0.831. The highest BCUT2D eigenvalue weighted by Crippen LogP contribution is 2.12. The standard InChI is InChI=1S/C17H24N4O/c1-3-4-10-18-16-12-17(21-13-20-16)19-11-9-14-5-7-15(22-2)8-6-14/h5-8,12-13H,3-4,9-11H2,1-2H3,(H2,18,19,20,21). The Kier molecular flexibility index (Phi) is 6.48. The Morgan fingerprint density at radius 1 is 1.00 bits per heavy atom. The van der Waals surface area contributed by atoms with Crippen LogP contribution in [0.4, 0.5) is 11.6 Å². The lowest BCUT2D eigenvalue weighted by molar-refractivity contribution is 0.414. The monoisotopic (exact) mass is 300 g/mol. The molecule has 0 aliphatic heterocycles. The first-order valence-electron chi connectivity index (χ1n) is 7.74. The van der Waals surface area contributed by atoms with E-state index in [1.165, 1.54) is 12.0 Å². The van der Waals surface area contributed by atoms with Gasteiger partial charge < -0.3 is 15.4 Å². The highest BCUT2D eigenvalue weighted by atomic mass is 16.5. The Balaban J connectivity index is 1.79. The van der Waals surface area contributed by atoms with Gasteiger partial charge in [-0.3, -0.25) is 0 Å². The van der Waals surface area contributed by atoms with E-state index in [0.717, 1.165) is 43.3 Å². The van der Waals surface area contributed by atoms with Crippen molar-refractivity contribution in [3.63, 3.8) is 0 Å². The second-order valence-electron chi connectivity index (χ2n) is 5.09. The topological polar surface area (TPSA) is 59.1 Å². The van der Waals surface area contributed by atoms with Crippen LogP contribution < -0.4 is 15.4 Å². The molecule has 0 saturated heterocycles. The van der Waals surface area contributed by atoms with Gasteiger partial charge in [-0.15, -0.1) is 0 Å². The quantitative estimate of drug-likeness (QED) is 0.695. The first-order valence-corrected chi connectivity index (χ1v) is 7.74. The van der Waals surface area contributed by atoms with Gasteiger partial charge in [0.1, 0.15) is 23.7 Å². The molecule has 0 spiro atoms. The van der Waals surface area contributed by atoms with Crippen molar-refractivity contribution in [2.45, 2.75) is 26.2 Å². The van der Waals surface area contributed by atoms with Gasteiger partial charge in [0.25, 0.3) is 0 Å². The third-order valence-electron chi connectivity index (χ3n) is 3.38. The van der Waals surface area contributed by atoms with Crippen LogP contribution in [0.25, 0.3) is 0 Å². The molecule has 118 valence electrons. The summed E-state index contributed by atoms with van der Waals surface area (Å²) in [5.41, 5.74) is 1.27. The van der Waals surface area contributed by atoms with Gasteiger partial charge in [0, 0.05) is 19.2 Å². The number of nitrogens with one attached hydrogen (secondary N) is 2. The van der Waals surface area contributed by atoms with E-state index in [-0.39, 0.29) is 0 Å². The van der Waals surface area contributed by atoms with Gasteiger partial charge in [-0.1, -0.05) is 25.5 Å². The minimum Gasteiger partial charge on any atom is -0.497 e. The van der Waals surface area contributed by atoms with Crippen LogP contribution in [-0.2, 0) is 6.42 Å². The van der Waals surface area contributed by atoms with Crippen LogP contribution in [0, 0.1) is 0 Å². The summed E-state index contributed by atoms with van der Waals surface area (Å²) < 4.78 is 5.16. The van der Waals surface area contributed by atoms with Gasteiger partial charge in [-0.05, 0) is 30.5 Å². The van der Waals surface area contributed by atoms with Crippen LogP contribution in [0.1, 0.15) is 25.3 Å². The third kappa shape index (κ3) is 5.24. The SMILES string of the molecule is CCCCNc1cc(NCCc2ccc(OC)cc2)ncn1. The normalized spacial score (nSPS) is 10.3. The van der Waals surface area contributed by atoms with Crippen molar-refractivity contribution in [2.24, 2.45) is 0 Å². The zero-order valence-electron chi connectivity index (χ0n) is 13.3. The van der Waals surface area contributed by atoms with E-state index < -0.39 is 0 Å². The van der Waals surface area contributed by atoms with Crippen LogP contribution in [0.5, 0.6) is 5.75 Å². The lowest BCUT2D eigenvalue weighted by atomic mass is 10.1. The van der Waals surface area contributed by atoms with Crippen LogP contribution in [-0.4, -0.2) is 30.2 Å². The summed E-state index contributed by atoms with van der Waals surface area (Å²) in [4.78, 5) is 8.46. The molecule has 0 unspecified atom stereocenters. The third-order valence-corrected chi connectivity index (χ3v) is 3.38. The van der Waals surface area contributed by atoms with E-state index in [1.54, 1.807) is 13.4 Å². The fraction of sp³-hybridized carbons (Fsp3) is 0.412. The molecule has 2 rings (SSSR count). The van der Waals surface area contributed by atoms with Crippen LogP contribution in [0.15, 0.2) is 36.7 Å². The van der Waals surface area contributed by atoms with Crippen LogP contribution >= 0.6 is 0 Å². The zero-order valence-corrected chi connectivity index (χ0v) is 13.3. The molecule has 0 fully saturated rings. The van der Waals surface area contributed by atoms with Gasteiger partial charge in [0.2, 0.25) is 0 Å². The highest BCUT2D eigenvalue weighted by molar-refractivity contribution is 5.46. The number of hydrogen-bond acceptors (Lipinski definition) is 5. The van der Waals surface area contributed by atoms with Gasteiger partial charge in [0.05, 0.1) is 7.11 Å². The fourth-order valence-electron chi connectivity index (χ4n) is 2.07. The van der Waals surface area contributed by atoms with Crippen molar-refractivity contribution in [1.82, 2.24) is 9.97 Å². The van der Waals surface area contributed by atoms with E-state index >= 15 is 0 Å². The Bertz CT molecular complexity index is 557. The van der Waals surface area contributed by atoms with Gasteiger partial charge >= 0.3 is 0 Å². The molecule has 5 nitrogen and oxygen atoms in total. The molecule has 0 bridgehead atoms. The number of nitrogens with zero attached hydrogens (tertiary/aromatic N) is 2. The van der Waals surface area contributed by atoms with Crippen molar-refractivity contribution in [3.8, 4) is 5.75 Å². The Morgan fingerprint density at radius 3 is 2.32 bits per heavy atom. The highest BCUT2D eigenvalue weighted by Gasteiger charge is 1.99. The average Bonchev–Trinajstić information content (AvgIpc) is 2.56. The van der Waals surface area contributed by atoms with Gasteiger partial charge in [-0.25, -0.2) is 9.97 Å². The summed E-state index contributed by atoms with van der Waals surface area (Å²) in [6.07, 6.45) is 4.84. The van der Waals surface area contributed by atoms with Gasteiger partial charge in [0.15, 0.2) is 0 Å². The number of unbranched alkanes of at least 4 members (excludes halogenated alkanes) is 1. The molecule has 2 N–H and O–H groups in total. The second kappa shape index (κ2) is 8.87. The molecule has 1 aromatic heterocycles. The summed E-state index contributed by atoms with van der Waals surface area (Å²) in [6.45, 7) is 3.95. The molecule has 1 heterocycles. The first kappa shape index (κ1) is 16.1. The van der Waals surface area contributed by atoms with Crippen molar-refractivity contribution >= 4 is 11.6 Å². The number of benzene rings is 1. The molecule has 2 aromatic rings. The zero-order chi connectivity index (χ0) is 15.6. The lowest BCUT2D eigenvalue weighted by Crippen LogP contribution is -2.08. The van der Waals surface area contributed by atoms with Crippen molar-refractivity contribution in [3.05, 3.63) is 42.2 Å². The number of ether oxygens (including phenoxy) is 1. The summed E-state index contributed by atoms with van der Waals surface area (Å²) >= 11 is 0. The number of rotatable bonds is 9. The Hall–Kier alpha value is -2.30. The molecular weight excluding hydrogens is 276 g/mol. The maximum atomic E-state index is 5.16. The minimum absolute atomic E-state index is 0.831. The Morgan fingerprint density at radius 2 is 1.68 bits per heavy atom. The number of anilines is 2. The molecule has 1 aromatic carbocycles. The van der Waals surface area contributed by atoms with Crippen LogP contribution in [0.2, 0.25) is 0 Å². The van der Waals surface area contributed by atoms with E-state index in [0.29, 0.717) is 0 Å². The van der Waals surface area contributed by atoms with Crippen molar-refractivity contribution in [1.29, 1.82) is 0 Å². The number of methoxy groups -OCH3 is 1. The maximum Gasteiger partial charge on any atom is 0.131 e. The maximum absolute atomic E-state index is 5.16. The predicted octanol–water partition coefficient (Wildman–Crippen LogP) is 3.35. The van der Waals surface area contributed by atoms with Gasteiger partial charge in [-0.2, -0.15) is 0 Å². The van der Waals surface area contributed by atoms with E-state index in [9.17, 15) is 0 Å². The molecule has 0 saturated carbocycles. The molecular formula is C17H24N4O. The summed E-state index contributed by atoms with van der Waals surface area (Å²) in [6, 6.07) is 10.1. The number of hydrogen-bond donors (Lipinski definition) is 2. The average molecular weight is 300 g/mol.